The molecule has 0 aromatic heterocycles. The highest BCUT2D eigenvalue weighted by molar-refractivity contribution is 5.85. The van der Waals surface area contributed by atoms with E-state index in [4.69, 9.17) is 24.7 Å². The van der Waals surface area contributed by atoms with Crippen LogP contribution in [0.2, 0.25) is 0 Å². The lowest BCUT2D eigenvalue weighted by atomic mass is 10.0. The zero-order valence-electron chi connectivity index (χ0n) is 15.8. The van der Waals surface area contributed by atoms with Crippen LogP contribution in [0.1, 0.15) is 30.5 Å². The van der Waals surface area contributed by atoms with Crippen molar-refractivity contribution in [2.24, 2.45) is 5.73 Å². The lowest BCUT2D eigenvalue weighted by Crippen LogP contribution is -2.18. The fourth-order valence-corrected chi connectivity index (χ4v) is 2.54. The van der Waals surface area contributed by atoms with Crippen LogP contribution in [0.15, 0.2) is 42.5 Å². The zero-order chi connectivity index (χ0) is 18.9. The summed E-state index contributed by atoms with van der Waals surface area (Å²) in [6, 6.07) is 12.7. The quantitative estimate of drug-likeness (QED) is 0.652. The molecule has 2 rings (SSSR count). The monoisotopic (exact) mass is 395 g/mol. The van der Waals surface area contributed by atoms with Crippen LogP contribution in [0.5, 0.6) is 17.2 Å². The van der Waals surface area contributed by atoms with Crippen molar-refractivity contribution in [3.63, 3.8) is 0 Å². The number of halogens is 1. The molecule has 148 valence electrons. The summed E-state index contributed by atoms with van der Waals surface area (Å²) in [5.41, 5.74) is 7.91. The third kappa shape index (κ3) is 6.34. The number of ether oxygens (including phenoxy) is 4. The standard InChI is InChI=1S/C20H25NO5.ClH/c1-4-25-20(22)11-16(21)15-10-18(23-2)19(24-3)12-17(15)26-13-14-8-6-5-7-9-14;/h5-10,12,16H,4,11,13,21H2,1-3H3;1H/t16-;/m1./s1. The highest BCUT2D eigenvalue weighted by atomic mass is 35.5. The van der Waals surface area contributed by atoms with Gasteiger partial charge >= 0.3 is 5.97 Å². The van der Waals surface area contributed by atoms with Crippen molar-refractivity contribution in [2.45, 2.75) is 26.0 Å². The molecule has 0 aliphatic carbocycles. The Hall–Kier alpha value is -2.44. The fourth-order valence-electron chi connectivity index (χ4n) is 2.54. The molecule has 2 aromatic rings. The number of nitrogens with two attached hydrogens (primary N) is 1. The number of carbonyl (C=O) groups is 1. The van der Waals surface area contributed by atoms with E-state index < -0.39 is 6.04 Å². The molecule has 2 aromatic carbocycles. The minimum Gasteiger partial charge on any atom is -0.493 e. The first-order valence-corrected chi connectivity index (χ1v) is 8.42. The van der Waals surface area contributed by atoms with E-state index >= 15 is 0 Å². The molecule has 7 heteroatoms. The van der Waals surface area contributed by atoms with Crippen LogP contribution in [0.4, 0.5) is 0 Å². The van der Waals surface area contributed by atoms with Crippen molar-refractivity contribution in [3.8, 4) is 17.2 Å². The summed E-state index contributed by atoms with van der Waals surface area (Å²) in [6.07, 6.45) is 0.0466. The van der Waals surface area contributed by atoms with Crippen molar-refractivity contribution in [3.05, 3.63) is 53.6 Å². The minimum atomic E-state index is -0.584. The lowest BCUT2D eigenvalue weighted by Gasteiger charge is -2.19. The van der Waals surface area contributed by atoms with Gasteiger partial charge in [0, 0.05) is 17.7 Å². The third-order valence-electron chi connectivity index (χ3n) is 3.84. The number of rotatable bonds is 9. The molecule has 0 heterocycles. The molecule has 27 heavy (non-hydrogen) atoms. The molecule has 0 saturated heterocycles. The van der Waals surface area contributed by atoms with E-state index in [1.165, 1.54) is 0 Å². The SMILES string of the molecule is CCOC(=O)C[C@@H](N)c1cc(OC)c(OC)cc1OCc1ccccc1.Cl. The summed E-state index contributed by atoms with van der Waals surface area (Å²) in [5, 5.41) is 0. The molecule has 1 atom stereocenters. The fraction of sp³-hybridized carbons (Fsp3) is 0.350. The van der Waals surface area contributed by atoms with Crippen LogP contribution < -0.4 is 19.9 Å². The molecular formula is C20H26ClNO5. The van der Waals surface area contributed by atoms with Gasteiger partial charge in [0.15, 0.2) is 11.5 Å². The predicted molar refractivity (Wildman–Crippen MR) is 106 cm³/mol. The number of benzene rings is 2. The van der Waals surface area contributed by atoms with Gasteiger partial charge in [-0.2, -0.15) is 0 Å². The largest absolute Gasteiger partial charge is 0.493 e. The van der Waals surface area contributed by atoms with Gasteiger partial charge in [0.25, 0.3) is 0 Å². The molecule has 0 radical (unpaired) electrons. The smallest absolute Gasteiger partial charge is 0.307 e. The van der Waals surface area contributed by atoms with Gasteiger partial charge in [-0.05, 0) is 18.6 Å². The Labute approximate surface area is 166 Å². The molecule has 6 nitrogen and oxygen atoms in total. The average molecular weight is 396 g/mol. The minimum absolute atomic E-state index is 0. The van der Waals surface area contributed by atoms with E-state index in [9.17, 15) is 4.79 Å². The normalized spacial score (nSPS) is 11.1. The molecule has 0 unspecified atom stereocenters. The van der Waals surface area contributed by atoms with Crippen molar-refractivity contribution < 1.29 is 23.7 Å². The van der Waals surface area contributed by atoms with Crippen LogP contribution in [0.25, 0.3) is 0 Å². The van der Waals surface area contributed by atoms with E-state index in [0.29, 0.717) is 36.0 Å². The summed E-state index contributed by atoms with van der Waals surface area (Å²) in [7, 11) is 3.10. The summed E-state index contributed by atoms with van der Waals surface area (Å²) in [5.74, 6) is 1.24. The summed E-state index contributed by atoms with van der Waals surface area (Å²) in [4.78, 5) is 11.8. The Balaban J connectivity index is 0.00000364. The molecule has 2 N–H and O–H groups in total. The van der Waals surface area contributed by atoms with Crippen molar-refractivity contribution in [2.75, 3.05) is 20.8 Å². The Bertz CT molecular complexity index is 724. The maximum Gasteiger partial charge on any atom is 0.307 e. The summed E-state index contributed by atoms with van der Waals surface area (Å²) < 4.78 is 21.6. The first kappa shape index (κ1) is 22.6. The third-order valence-corrected chi connectivity index (χ3v) is 3.84. The number of esters is 1. The summed E-state index contributed by atoms with van der Waals surface area (Å²) in [6.45, 7) is 2.44. The van der Waals surface area contributed by atoms with Gasteiger partial charge in [0.1, 0.15) is 12.4 Å². The van der Waals surface area contributed by atoms with Crippen LogP contribution in [0.3, 0.4) is 0 Å². The second-order valence-electron chi connectivity index (χ2n) is 5.63. The van der Waals surface area contributed by atoms with Gasteiger partial charge in [0.2, 0.25) is 0 Å². The van der Waals surface area contributed by atoms with Gasteiger partial charge in [-0.1, -0.05) is 30.3 Å². The van der Waals surface area contributed by atoms with E-state index in [1.807, 2.05) is 30.3 Å². The highest BCUT2D eigenvalue weighted by Gasteiger charge is 2.20. The second-order valence-corrected chi connectivity index (χ2v) is 5.63. The van der Waals surface area contributed by atoms with Crippen molar-refractivity contribution >= 4 is 18.4 Å². The maximum atomic E-state index is 11.8. The van der Waals surface area contributed by atoms with E-state index in [0.717, 1.165) is 5.56 Å². The molecule has 0 spiro atoms. The van der Waals surface area contributed by atoms with Crippen LogP contribution in [-0.4, -0.2) is 26.8 Å². The first-order chi connectivity index (χ1) is 12.6. The molecule has 0 bridgehead atoms. The van der Waals surface area contributed by atoms with Crippen LogP contribution in [0, 0.1) is 0 Å². The second kappa shape index (κ2) is 11.3. The van der Waals surface area contributed by atoms with E-state index in [1.54, 1.807) is 33.3 Å². The van der Waals surface area contributed by atoms with E-state index in [2.05, 4.69) is 0 Å². The van der Waals surface area contributed by atoms with Crippen LogP contribution in [-0.2, 0) is 16.1 Å². The molecule has 0 fully saturated rings. The van der Waals surface area contributed by atoms with Crippen molar-refractivity contribution in [1.82, 2.24) is 0 Å². The zero-order valence-corrected chi connectivity index (χ0v) is 16.6. The molecule has 0 aliphatic heterocycles. The van der Waals surface area contributed by atoms with Gasteiger partial charge in [-0.3, -0.25) is 4.79 Å². The van der Waals surface area contributed by atoms with E-state index in [-0.39, 0.29) is 24.8 Å². The topological polar surface area (TPSA) is 80.0 Å². The summed E-state index contributed by atoms with van der Waals surface area (Å²) >= 11 is 0. The van der Waals surface area contributed by atoms with Gasteiger partial charge in [0.05, 0.1) is 27.2 Å². The Morgan fingerprint density at radius 2 is 1.67 bits per heavy atom. The highest BCUT2D eigenvalue weighted by Crippen LogP contribution is 2.38. The Kier molecular flexibility index (Phi) is 9.47. The van der Waals surface area contributed by atoms with Gasteiger partial charge < -0.3 is 24.7 Å². The number of carbonyl (C=O) groups excluding carboxylic acids is 1. The number of hydrogen-bond acceptors (Lipinski definition) is 6. The average Bonchev–Trinajstić information content (AvgIpc) is 2.66. The van der Waals surface area contributed by atoms with Gasteiger partial charge in [-0.25, -0.2) is 0 Å². The Morgan fingerprint density at radius 3 is 2.26 bits per heavy atom. The molecule has 0 amide bonds. The molecule has 0 aliphatic rings. The van der Waals surface area contributed by atoms with Gasteiger partial charge in [-0.15, -0.1) is 12.4 Å². The predicted octanol–water partition coefficient (Wildman–Crippen LogP) is 3.66. The maximum absolute atomic E-state index is 11.8. The molecular weight excluding hydrogens is 370 g/mol. The van der Waals surface area contributed by atoms with Crippen molar-refractivity contribution in [1.29, 1.82) is 0 Å². The number of methoxy groups -OCH3 is 2. The Morgan fingerprint density at radius 1 is 1.04 bits per heavy atom. The van der Waals surface area contributed by atoms with Crippen LogP contribution >= 0.6 is 12.4 Å². The lowest BCUT2D eigenvalue weighted by molar-refractivity contribution is -0.143. The first-order valence-electron chi connectivity index (χ1n) is 8.42. The molecule has 0 saturated carbocycles. The number of hydrogen-bond donors (Lipinski definition) is 1.